The quantitative estimate of drug-likeness (QED) is 0.139. The Hall–Kier alpha value is -4.05. The molecular weight excluding hydrogens is 556 g/mol. The van der Waals surface area contributed by atoms with Crippen molar-refractivity contribution in [3.05, 3.63) is 56.3 Å². The molecule has 0 bridgehead atoms. The van der Waals surface area contributed by atoms with Gasteiger partial charge in [0.25, 0.3) is 11.0 Å². The number of likely N-dealkylation sites (tertiary alicyclic amines) is 1. The van der Waals surface area contributed by atoms with Gasteiger partial charge in [0.05, 0.1) is 23.9 Å². The van der Waals surface area contributed by atoms with Crippen LogP contribution in [0.3, 0.4) is 0 Å². The smallest absolute Gasteiger partial charge is 0.291 e. The van der Waals surface area contributed by atoms with E-state index in [9.17, 15) is 39.9 Å². The molecule has 0 unspecified atom stereocenters. The normalized spacial score (nSPS) is 30.8. The van der Waals surface area contributed by atoms with Crippen molar-refractivity contribution < 1.29 is 50.2 Å². The van der Waals surface area contributed by atoms with E-state index < -0.39 is 68.7 Å². The Bertz CT molecular complexity index is 1390. The fourth-order valence-electron chi connectivity index (χ4n) is 6.70. The lowest BCUT2D eigenvalue weighted by Gasteiger charge is -2.53. The number of amides is 1. The van der Waals surface area contributed by atoms with Gasteiger partial charge in [0.2, 0.25) is 5.78 Å². The molecule has 0 spiro atoms. The van der Waals surface area contributed by atoms with Gasteiger partial charge >= 0.3 is 0 Å². The topological polar surface area (TPSA) is 234 Å². The van der Waals surface area contributed by atoms with E-state index >= 15 is 0 Å². The summed E-state index contributed by atoms with van der Waals surface area (Å²) in [4.78, 5) is 52.6. The molecule has 15 nitrogen and oxygen atoms in total. The van der Waals surface area contributed by atoms with Gasteiger partial charge in [-0.15, -0.1) is 10.1 Å². The highest BCUT2D eigenvalue weighted by Crippen LogP contribution is 2.57. The van der Waals surface area contributed by atoms with E-state index in [1.54, 1.807) is 14.1 Å². The highest BCUT2D eigenvalue weighted by atomic mass is 16.9. The zero-order valence-electron chi connectivity index (χ0n) is 23.3. The molecule has 0 radical (unpaired) electrons. The minimum absolute atomic E-state index is 0.137. The highest BCUT2D eigenvalue weighted by Gasteiger charge is 2.66. The Morgan fingerprint density at radius 1 is 1.17 bits per heavy atom. The van der Waals surface area contributed by atoms with Gasteiger partial charge in [-0.1, -0.05) is 12.1 Å². The van der Waals surface area contributed by atoms with Crippen LogP contribution in [0.15, 0.2) is 35.1 Å². The van der Waals surface area contributed by atoms with E-state index in [0.717, 1.165) is 25.9 Å². The zero-order valence-corrected chi connectivity index (χ0v) is 23.3. The Morgan fingerprint density at radius 3 is 2.33 bits per heavy atom. The van der Waals surface area contributed by atoms with Crippen LogP contribution in [0, 0.1) is 22.0 Å². The van der Waals surface area contributed by atoms with Crippen molar-refractivity contribution in [1.82, 2.24) is 15.1 Å². The molecule has 42 heavy (non-hydrogen) atoms. The van der Waals surface area contributed by atoms with E-state index in [0.29, 0.717) is 0 Å². The van der Waals surface area contributed by atoms with Crippen LogP contribution in [0.25, 0.3) is 5.76 Å². The fourth-order valence-corrected chi connectivity index (χ4v) is 6.70. The number of aliphatic hydroxyl groups excluding tert-OH is 2. The number of hydrogen-bond acceptors (Lipinski definition) is 12. The molecule has 2 fully saturated rings. The Kier molecular flexibility index (Phi) is 8.08. The van der Waals surface area contributed by atoms with Crippen LogP contribution in [-0.4, -0.2) is 109 Å². The molecule has 1 aromatic carbocycles. The lowest BCUT2D eigenvalue weighted by atomic mass is 9.54. The third-order valence-electron chi connectivity index (χ3n) is 8.66. The molecule has 5 rings (SSSR count). The van der Waals surface area contributed by atoms with Gasteiger partial charge < -0.3 is 36.1 Å². The number of aliphatic hydroxyl groups is 4. The number of hydrogen-bond donors (Lipinski definition) is 7. The number of aromatic hydroxyl groups is 1. The van der Waals surface area contributed by atoms with E-state index in [1.807, 2.05) is 4.90 Å². The van der Waals surface area contributed by atoms with Crippen LogP contribution in [0.5, 0.6) is 5.75 Å². The number of carbonyl (C=O) groups excluding carboxylic acids is 3. The first kappa shape index (κ1) is 30.9. The van der Waals surface area contributed by atoms with E-state index in [2.05, 4.69) is 5.32 Å². The number of likely N-dealkylation sites (N-methyl/N-ethyl adjacent to an activating group) is 1. The largest absolute Gasteiger partial charge is 0.508 e. The van der Waals surface area contributed by atoms with E-state index in [-0.39, 0.29) is 35.5 Å². The summed E-state index contributed by atoms with van der Waals surface area (Å²) < 4.78 is 0. The second-order valence-corrected chi connectivity index (χ2v) is 11.3. The summed E-state index contributed by atoms with van der Waals surface area (Å²) in [5.74, 6) is -7.17. The fraction of sp³-hybridized carbons (Fsp3) is 0.519. The number of benzene rings is 1. The van der Waals surface area contributed by atoms with Gasteiger partial charge in [-0.2, -0.15) is 0 Å². The molecule has 0 aromatic heterocycles. The van der Waals surface area contributed by atoms with Crippen LogP contribution < -0.4 is 5.32 Å². The van der Waals surface area contributed by atoms with Crippen molar-refractivity contribution in [2.75, 3.05) is 33.9 Å². The summed E-state index contributed by atoms with van der Waals surface area (Å²) >= 11 is 0. The van der Waals surface area contributed by atoms with Gasteiger partial charge in [-0.25, -0.2) is 0 Å². The highest BCUT2D eigenvalue weighted by molar-refractivity contribution is 6.25. The van der Waals surface area contributed by atoms with Crippen LogP contribution >= 0.6 is 0 Å². The monoisotopic (exact) mass is 590 g/mol. The minimum atomic E-state index is -2.72. The van der Waals surface area contributed by atoms with Crippen LogP contribution in [0.1, 0.15) is 37.3 Å². The standard InChI is InChI=1S/C27H33N3O8.HNO3/c1-26(37)13-7-6-8-16(31)17(13)21(32)18-14(26)11-15-20(29(2)3)22(33)19(24(35)27(15,38)23(18)34)25(36)28-12-30-9-4-5-10-30;2-1(3)4/h6-8,14-15,20,31-32,35,37-38H,4-5,9-12H2,1-3H3,(H,28,36);(H,2,3,4)/t14-,15-,20-,26-,27-;/m0./s1. The molecular formula is C27H34N4O11. The molecule has 1 amide bonds. The first-order valence-electron chi connectivity index (χ1n) is 13.3. The number of fused-ring (bicyclic) bond motifs is 3. The summed E-state index contributed by atoms with van der Waals surface area (Å²) in [7, 11) is 3.12. The number of Topliss-reactive ketones (excluding diaryl/α,β-unsaturated/α-hetero) is 2. The maximum atomic E-state index is 14.0. The van der Waals surface area contributed by atoms with Gasteiger partial charge in [-0.3, -0.25) is 24.2 Å². The van der Waals surface area contributed by atoms with E-state index in [4.69, 9.17) is 15.3 Å². The second-order valence-electron chi connectivity index (χ2n) is 11.3. The number of nitrogens with one attached hydrogen (secondary N) is 1. The van der Waals surface area contributed by atoms with Crippen molar-refractivity contribution in [3.63, 3.8) is 0 Å². The number of ketones is 2. The maximum absolute atomic E-state index is 14.0. The third-order valence-corrected chi connectivity index (χ3v) is 8.66. The maximum Gasteiger partial charge on any atom is 0.291 e. The summed E-state index contributed by atoms with van der Waals surface area (Å²) in [5.41, 5.74) is -5.54. The number of phenols is 1. The molecule has 1 saturated heterocycles. The minimum Gasteiger partial charge on any atom is -0.508 e. The predicted molar refractivity (Wildman–Crippen MR) is 144 cm³/mol. The van der Waals surface area contributed by atoms with E-state index in [1.165, 1.54) is 30.0 Å². The SMILES string of the molecule is CN(C)[C@@H]1C(=O)C(C(=O)NCN2CCCC2)=C(O)[C@@]2(O)C(=O)C3=C(O)c4c(O)cccc4[C@](C)(O)[C@H]3C[C@@H]12.O=[N+]([O-])O. The zero-order chi connectivity index (χ0) is 31.3. The van der Waals surface area contributed by atoms with Crippen LogP contribution in [0.2, 0.25) is 0 Å². The molecule has 3 aliphatic carbocycles. The van der Waals surface area contributed by atoms with Crippen molar-refractivity contribution in [2.24, 2.45) is 11.8 Å². The summed E-state index contributed by atoms with van der Waals surface area (Å²) in [6.07, 6.45) is 1.78. The Balaban J connectivity index is 0.000000952. The van der Waals surface area contributed by atoms with Crippen molar-refractivity contribution in [3.8, 4) is 5.75 Å². The van der Waals surface area contributed by atoms with Gasteiger partial charge in [0.15, 0.2) is 11.4 Å². The molecule has 1 aliphatic heterocycles. The molecule has 1 aromatic rings. The van der Waals surface area contributed by atoms with Crippen molar-refractivity contribution in [1.29, 1.82) is 0 Å². The molecule has 15 heteroatoms. The number of phenolic OH excluding ortho intramolecular Hbond substituents is 1. The first-order valence-corrected chi connectivity index (χ1v) is 13.3. The molecule has 1 heterocycles. The van der Waals surface area contributed by atoms with Crippen molar-refractivity contribution in [2.45, 2.75) is 43.4 Å². The Labute approximate surface area is 240 Å². The average molecular weight is 591 g/mol. The molecule has 228 valence electrons. The number of nitrogens with zero attached hydrogens (tertiary/aromatic N) is 3. The summed E-state index contributed by atoms with van der Waals surface area (Å²) in [5, 5.41) is 72.6. The summed E-state index contributed by atoms with van der Waals surface area (Å²) in [6.45, 7) is 3.11. The van der Waals surface area contributed by atoms with Crippen molar-refractivity contribution >= 4 is 23.2 Å². The lowest BCUT2D eigenvalue weighted by molar-refractivity contribution is -0.742. The lowest BCUT2D eigenvalue weighted by Crippen LogP contribution is -2.67. The third kappa shape index (κ3) is 4.77. The van der Waals surface area contributed by atoms with Crippen LogP contribution in [0.4, 0.5) is 0 Å². The Morgan fingerprint density at radius 2 is 1.76 bits per heavy atom. The number of carbonyl (C=O) groups is 3. The average Bonchev–Trinajstić information content (AvgIpc) is 3.41. The van der Waals surface area contributed by atoms with Gasteiger partial charge in [0, 0.05) is 17.4 Å². The van der Waals surface area contributed by atoms with Gasteiger partial charge in [0.1, 0.15) is 22.8 Å². The summed E-state index contributed by atoms with van der Waals surface area (Å²) in [6, 6.07) is 3.12. The number of rotatable bonds is 4. The van der Waals surface area contributed by atoms with Gasteiger partial charge in [-0.05, 0) is 65.0 Å². The second kappa shape index (κ2) is 11.0. The molecule has 1 saturated carbocycles. The molecule has 7 N–H and O–H groups in total. The first-order chi connectivity index (χ1) is 19.6. The predicted octanol–water partition coefficient (Wildman–Crippen LogP) is -0.0345. The van der Waals surface area contributed by atoms with Crippen LogP contribution in [-0.2, 0) is 20.0 Å². The molecule has 5 atom stereocenters. The molecule has 4 aliphatic rings.